The Labute approximate surface area is 314 Å². The molecule has 10 rings (SSSR count). The third kappa shape index (κ3) is 3.42. The Morgan fingerprint density at radius 3 is 1.53 bits per heavy atom. The van der Waals surface area contributed by atoms with Gasteiger partial charge in [-0.1, -0.05) is 11.6 Å². The second kappa shape index (κ2) is 10.1. The lowest BCUT2D eigenvalue weighted by atomic mass is 9.43. The summed E-state index contributed by atoms with van der Waals surface area (Å²) in [4.78, 5) is 0. The summed E-state index contributed by atoms with van der Waals surface area (Å²) in [5.41, 5.74) is 35.5. The zero-order valence-electron chi connectivity index (χ0n) is 34.7. The van der Waals surface area contributed by atoms with Gasteiger partial charge in [-0.15, -0.1) is 0 Å². The van der Waals surface area contributed by atoms with Crippen LogP contribution in [0.1, 0.15) is 89.0 Å². The number of fused-ring (bicyclic) bond motifs is 14. The van der Waals surface area contributed by atoms with Crippen molar-refractivity contribution in [3.63, 3.8) is 0 Å². The van der Waals surface area contributed by atoms with Gasteiger partial charge in [0.1, 0.15) is 0 Å². The van der Waals surface area contributed by atoms with Crippen molar-refractivity contribution in [2.24, 2.45) is 0 Å². The molecule has 53 heavy (non-hydrogen) atoms. The summed E-state index contributed by atoms with van der Waals surface area (Å²) in [6, 6.07) is 7.22. The number of hydrogen-bond donors (Lipinski definition) is 0. The number of aromatic nitrogens is 2. The van der Waals surface area contributed by atoms with Crippen molar-refractivity contribution >= 4 is 72.2 Å². The molecule has 6 aromatic carbocycles. The van der Waals surface area contributed by atoms with Crippen LogP contribution in [0.3, 0.4) is 0 Å². The fourth-order valence-electron chi connectivity index (χ4n) is 11.5. The van der Waals surface area contributed by atoms with Crippen LogP contribution in [0.25, 0.3) is 71.2 Å². The van der Waals surface area contributed by atoms with Crippen molar-refractivity contribution < 1.29 is 0 Å². The highest BCUT2D eigenvalue weighted by Crippen LogP contribution is 2.53. The highest BCUT2D eigenvalue weighted by Gasteiger charge is 2.46. The van der Waals surface area contributed by atoms with Crippen LogP contribution < -0.4 is 10.9 Å². The maximum atomic E-state index is 2.87. The fraction of sp³-hybridized carbons (Fsp3) is 0.320. The topological polar surface area (TPSA) is 9.86 Å². The Morgan fingerprint density at radius 2 is 0.887 bits per heavy atom. The first kappa shape index (κ1) is 32.9. The SMILES string of the molecule is Cc1ccc2c(c1)c1c3c(C)c(C)c(C)c(C)c3c3c4c1n2-c1c(C)c(C)c(C)c(C)c1B4n1c2c(C)c(C)c(C)c(C)c2c2c(C)c(C)c(C)c-3c21. The Balaban J connectivity index is 1.68. The van der Waals surface area contributed by atoms with Gasteiger partial charge >= 0.3 is 6.85 Å². The normalized spacial score (nSPS) is 13.2. The van der Waals surface area contributed by atoms with Crippen molar-refractivity contribution in [1.82, 2.24) is 9.05 Å². The molecular formula is C50H51BN2. The first-order valence-electron chi connectivity index (χ1n) is 19.7. The minimum atomic E-state index is 0.0401. The number of rotatable bonds is 0. The molecule has 3 heteroatoms. The molecule has 2 nitrogen and oxygen atoms in total. The van der Waals surface area contributed by atoms with Crippen LogP contribution in [0.4, 0.5) is 0 Å². The van der Waals surface area contributed by atoms with E-state index in [-0.39, 0.29) is 6.85 Å². The summed E-state index contributed by atoms with van der Waals surface area (Å²) < 4.78 is 5.60. The minimum Gasteiger partial charge on any atom is -0.375 e. The maximum absolute atomic E-state index is 2.87. The van der Waals surface area contributed by atoms with Crippen LogP contribution in [0.5, 0.6) is 0 Å². The van der Waals surface area contributed by atoms with E-state index >= 15 is 0 Å². The van der Waals surface area contributed by atoms with E-state index in [0.29, 0.717) is 0 Å². The van der Waals surface area contributed by atoms with Crippen molar-refractivity contribution in [2.45, 2.75) is 111 Å². The van der Waals surface area contributed by atoms with Crippen LogP contribution in [0.2, 0.25) is 0 Å². The lowest BCUT2D eigenvalue weighted by Gasteiger charge is -2.38. The molecule has 264 valence electrons. The maximum Gasteiger partial charge on any atom is 0.333 e. The van der Waals surface area contributed by atoms with Crippen LogP contribution >= 0.6 is 0 Å². The number of nitrogens with zero attached hydrogens (tertiary/aromatic N) is 2. The molecule has 0 saturated heterocycles. The molecule has 0 atom stereocenters. The summed E-state index contributed by atoms with van der Waals surface area (Å²) >= 11 is 0. The predicted octanol–water partition coefficient (Wildman–Crippen LogP) is 11.9. The monoisotopic (exact) mass is 690 g/mol. The second-order valence-electron chi connectivity index (χ2n) is 17.4. The van der Waals surface area contributed by atoms with Gasteiger partial charge < -0.3 is 9.05 Å². The van der Waals surface area contributed by atoms with Gasteiger partial charge in [-0.3, -0.25) is 0 Å². The third-order valence-electron chi connectivity index (χ3n) is 15.6. The average Bonchev–Trinajstić information content (AvgIpc) is 3.67. The molecule has 8 aromatic rings. The van der Waals surface area contributed by atoms with Gasteiger partial charge in [0.2, 0.25) is 0 Å². The van der Waals surface area contributed by atoms with E-state index in [0.717, 1.165) is 0 Å². The van der Waals surface area contributed by atoms with E-state index in [4.69, 9.17) is 0 Å². The summed E-state index contributed by atoms with van der Waals surface area (Å²) in [7, 11) is 0. The molecule has 0 saturated carbocycles. The lowest BCUT2D eigenvalue weighted by Crippen LogP contribution is -2.57. The Hall–Kier alpha value is -4.76. The Morgan fingerprint density at radius 1 is 0.377 bits per heavy atom. The lowest BCUT2D eigenvalue weighted by molar-refractivity contribution is 1.10. The van der Waals surface area contributed by atoms with E-state index in [2.05, 4.69) is 138 Å². The number of hydrogen-bond acceptors (Lipinski definition) is 0. The molecular weight excluding hydrogens is 639 g/mol. The zero-order chi connectivity index (χ0) is 37.8. The van der Waals surface area contributed by atoms with Crippen LogP contribution in [-0.2, 0) is 0 Å². The smallest absolute Gasteiger partial charge is 0.333 e. The quantitative estimate of drug-likeness (QED) is 0.140. The summed E-state index contributed by atoms with van der Waals surface area (Å²) in [6.07, 6.45) is 0. The first-order chi connectivity index (χ1) is 25.0. The molecule has 2 aliphatic heterocycles. The Kier molecular flexibility index (Phi) is 6.23. The molecule has 0 amide bonds. The van der Waals surface area contributed by atoms with E-state index in [1.807, 2.05) is 0 Å². The summed E-state index contributed by atoms with van der Waals surface area (Å²) in [6.45, 7) is 38.0. The fourth-order valence-corrected chi connectivity index (χ4v) is 11.5. The molecule has 0 N–H and O–H groups in total. The van der Waals surface area contributed by atoms with E-state index in [1.54, 1.807) is 0 Å². The van der Waals surface area contributed by atoms with Gasteiger partial charge in [0.15, 0.2) is 0 Å². The van der Waals surface area contributed by atoms with Gasteiger partial charge in [-0.25, -0.2) is 0 Å². The van der Waals surface area contributed by atoms with Gasteiger partial charge in [-0.2, -0.15) is 0 Å². The first-order valence-corrected chi connectivity index (χ1v) is 19.7. The standard InChI is InChI=1S/C50H51BN2/c1-20-17-18-37-36(19-20)43-38-28(9)21(2)22(3)29(10)39(38)44-42-32(13)27(8)31(12)41-40-30(11)23(4)25(6)34(15)47(40)53(49(41)42)51-45-33(14)24(5)26(7)35(16)48(45)52(37)50(43)46(44)51/h17-19H,1-16H3. The molecule has 0 bridgehead atoms. The molecule has 0 radical (unpaired) electrons. The average molecular weight is 691 g/mol. The van der Waals surface area contributed by atoms with Gasteiger partial charge in [0.25, 0.3) is 0 Å². The minimum absolute atomic E-state index is 0.0401. The van der Waals surface area contributed by atoms with Crippen molar-refractivity contribution in [3.8, 4) is 16.8 Å². The van der Waals surface area contributed by atoms with Crippen LogP contribution in [0, 0.1) is 111 Å². The molecule has 2 aromatic heterocycles. The number of benzene rings is 6. The largest absolute Gasteiger partial charge is 0.375 e. The van der Waals surface area contributed by atoms with E-state index in [9.17, 15) is 0 Å². The second-order valence-corrected chi connectivity index (χ2v) is 17.4. The number of aryl methyl sites for hydroxylation is 6. The van der Waals surface area contributed by atoms with Crippen LogP contribution in [-0.4, -0.2) is 15.9 Å². The molecule has 2 aliphatic rings. The Bertz CT molecular complexity index is 3160. The molecule has 0 fully saturated rings. The van der Waals surface area contributed by atoms with Crippen molar-refractivity contribution in [1.29, 1.82) is 0 Å². The van der Waals surface area contributed by atoms with Gasteiger partial charge in [0, 0.05) is 43.8 Å². The summed E-state index contributed by atoms with van der Waals surface area (Å²) in [5, 5.41) is 8.64. The summed E-state index contributed by atoms with van der Waals surface area (Å²) in [5.74, 6) is 0. The zero-order valence-corrected chi connectivity index (χ0v) is 34.7. The van der Waals surface area contributed by atoms with Crippen molar-refractivity contribution in [2.75, 3.05) is 0 Å². The predicted molar refractivity (Wildman–Crippen MR) is 233 cm³/mol. The van der Waals surface area contributed by atoms with E-state index < -0.39 is 0 Å². The molecule has 0 aliphatic carbocycles. The highest BCUT2D eigenvalue weighted by atomic mass is 15.0. The van der Waals surface area contributed by atoms with Gasteiger partial charge in [0.05, 0.1) is 11.0 Å². The van der Waals surface area contributed by atoms with Gasteiger partial charge in [-0.05, 0) is 234 Å². The molecule has 0 unspecified atom stereocenters. The van der Waals surface area contributed by atoms with Crippen molar-refractivity contribution in [3.05, 3.63) is 107 Å². The highest BCUT2D eigenvalue weighted by molar-refractivity contribution is 6.91. The van der Waals surface area contributed by atoms with E-state index in [1.165, 1.54) is 171 Å². The third-order valence-corrected chi connectivity index (χ3v) is 15.6. The van der Waals surface area contributed by atoms with Crippen LogP contribution in [0.15, 0.2) is 18.2 Å². The molecule has 0 spiro atoms. The molecule has 4 heterocycles.